The number of benzene rings is 1. The quantitative estimate of drug-likeness (QED) is 0.805. The van der Waals surface area contributed by atoms with Gasteiger partial charge in [0.2, 0.25) is 0 Å². The number of hydrogen-bond acceptors (Lipinski definition) is 5. The Morgan fingerprint density at radius 1 is 1.26 bits per heavy atom. The van der Waals surface area contributed by atoms with E-state index in [1.807, 2.05) is 0 Å². The van der Waals surface area contributed by atoms with Gasteiger partial charge in [-0.25, -0.2) is 0 Å². The fraction of sp³-hybridized carbons (Fsp3) is 0.632. The molecule has 1 fully saturated rings. The largest absolute Gasteiger partial charge is 0.504 e. The third-order valence-corrected chi connectivity index (χ3v) is 5.20. The van der Waals surface area contributed by atoms with E-state index in [4.69, 9.17) is 15.2 Å². The van der Waals surface area contributed by atoms with Gasteiger partial charge in [0.1, 0.15) is 30.2 Å². The van der Waals surface area contributed by atoms with Gasteiger partial charge >= 0.3 is 6.18 Å². The highest BCUT2D eigenvalue weighted by Crippen LogP contribution is 2.41. The topological polar surface area (TPSA) is 77.1 Å². The summed E-state index contributed by atoms with van der Waals surface area (Å²) in [7, 11) is 0. The maximum atomic E-state index is 13.0. The molecule has 2 aliphatic rings. The van der Waals surface area contributed by atoms with Crippen molar-refractivity contribution in [3.05, 3.63) is 23.8 Å². The Balaban J connectivity index is 1.78. The van der Waals surface area contributed by atoms with Crippen molar-refractivity contribution in [3.8, 4) is 11.5 Å². The van der Waals surface area contributed by atoms with E-state index in [1.165, 1.54) is 18.6 Å². The standard InChI is InChI=1S/C19H25F3N2O3/c20-19(21,22)14-7-4-8-15(17(14)25)27-12-18(11-26-10-16(23)24-18)9-13-5-2-1-3-6-13/h4,7-8,13,25H,1-3,5-6,9-12H2,(H2,23,24). The third kappa shape index (κ3) is 4.86. The molecule has 1 aliphatic heterocycles. The minimum absolute atomic E-state index is 0.000922. The molecule has 3 rings (SSSR count). The van der Waals surface area contributed by atoms with E-state index < -0.39 is 23.0 Å². The number of nitrogens with zero attached hydrogens (tertiary/aromatic N) is 1. The summed E-state index contributed by atoms with van der Waals surface area (Å²) in [5.41, 5.74) is 4.00. The number of aromatic hydroxyl groups is 1. The van der Waals surface area contributed by atoms with Gasteiger partial charge in [0, 0.05) is 0 Å². The molecule has 0 spiro atoms. The first kappa shape index (κ1) is 19.8. The molecule has 0 bridgehead atoms. The zero-order valence-electron chi connectivity index (χ0n) is 15.1. The van der Waals surface area contributed by atoms with Gasteiger partial charge in [-0.05, 0) is 24.5 Å². The van der Waals surface area contributed by atoms with Gasteiger partial charge in [-0.1, -0.05) is 38.2 Å². The second-order valence-electron chi connectivity index (χ2n) is 7.47. The monoisotopic (exact) mass is 386 g/mol. The van der Waals surface area contributed by atoms with E-state index in [9.17, 15) is 18.3 Å². The van der Waals surface area contributed by atoms with Crippen LogP contribution in [-0.2, 0) is 10.9 Å². The maximum Gasteiger partial charge on any atom is 0.420 e. The van der Waals surface area contributed by atoms with Crippen LogP contribution in [0, 0.1) is 5.92 Å². The lowest BCUT2D eigenvalue weighted by molar-refractivity contribution is -0.138. The van der Waals surface area contributed by atoms with Crippen LogP contribution < -0.4 is 10.5 Å². The predicted octanol–water partition coefficient (Wildman–Crippen LogP) is 3.89. The zero-order chi connectivity index (χ0) is 19.5. The summed E-state index contributed by atoms with van der Waals surface area (Å²) < 4.78 is 50.1. The SMILES string of the molecule is NC1=NC(COc2cccc(C(F)(F)F)c2O)(CC2CCCCC2)COC1. The second-order valence-corrected chi connectivity index (χ2v) is 7.47. The Morgan fingerprint density at radius 3 is 2.67 bits per heavy atom. The minimum atomic E-state index is -4.65. The van der Waals surface area contributed by atoms with E-state index in [2.05, 4.69) is 4.99 Å². The van der Waals surface area contributed by atoms with Crippen LogP contribution >= 0.6 is 0 Å². The van der Waals surface area contributed by atoms with Gasteiger partial charge in [0.15, 0.2) is 11.5 Å². The number of alkyl halides is 3. The number of hydrogen-bond donors (Lipinski definition) is 2. The van der Waals surface area contributed by atoms with E-state index in [-0.39, 0.29) is 19.0 Å². The van der Waals surface area contributed by atoms with Crippen molar-refractivity contribution < 1.29 is 27.8 Å². The first-order valence-corrected chi connectivity index (χ1v) is 9.23. The summed E-state index contributed by atoms with van der Waals surface area (Å²) in [4.78, 5) is 4.56. The molecular formula is C19H25F3N2O3. The number of rotatable bonds is 5. The van der Waals surface area contributed by atoms with Gasteiger partial charge in [-0.3, -0.25) is 4.99 Å². The Labute approximate surface area is 156 Å². The molecule has 150 valence electrons. The van der Waals surface area contributed by atoms with Crippen molar-refractivity contribution in [2.45, 2.75) is 50.2 Å². The molecule has 27 heavy (non-hydrogen) atoms. The molecule has 0 aromatic heterocycles. The highest BCUT2D eigenvalue weighted by molar-refractivity contribution is 5.82. The molecule has 1 aliphatic carbocycles. The molecule has 0 amide bonds. The maximum absolute atomic E-state index is 13.0. The van der Waals surface area contributed by atoms with Gasteiger partial charge in [0.05, 0.1) is 6.61 Å². The molecule has 1 heterocycles. The highest BCUT2D eigenvalue weighted by Gasteiger charge is 2.39. The molecule has 0 saturated heterocycles. The average molecular weight is 386 g/mol. The number of amidine groups is 1. The lowest BCUT2D eigenvalue weighted by atomic mass is 9.80. The Bertz CT molecular complexity index is 687. The van der Waals surface area contributed by atoms with Gasteiger partial charge in [-0.2, -0.15) is 13.2 Å². The van der Waals surface area contributed by atoms with E-state index >= 15 is 0 Å². The third-order valence-electron chi connectivity index (χ3n) is 5.20. The number of ether oxygens (including phenoxy) is 2. The summed E-state index contributed by atoms with van der Waals surface area (Å²) in [5.74, 6) is -0.316. The van der Waals surface area contributed by atoms with Crippen LogP contribution in [0.1, 0.15) is 44.1 Å². The minimum Gasteiger partial charge on any atom is -0.504 e. The Kier molecular flexibility index (Phi) is 5.83. The molecule has 1 saturated carbocycles. The average Bonchev–Trinajstić information content (AvgIpc) is 2.61. The number of aliphatic imine (C=N–C) groups is 1. The van der Waals surface area contributed by atoms with Crippen molar-refractivity contribution in [3.63, 3.8) is 0 Å². The van der Waals surface area contributed by atoms with Crippen LogP contribution in [0.3, 0.4) is 0 Å². The van der Waals surface area contributed by atoms with Crippen molar-refractivity contribution >= 4 is 5.84 Å². The summed E-state index contributed by atoms with van der Waals surface area (Å²) in [6.45, 7) is 0.532. The van der Waals surface area contributed by atoms with Crippen molar-refractivity contribution in [2.24, 2.45) is 16.6 Å². The van der Waals surface area contributed by atoms with E-state index in [0.717, 1.165) is 31.7 Å². The molecule has 8 heteroatoms. The van der Waals surface area contributed by atoms with Crippen LogP contribution in [-0.4, -0.2) is 36.3 Å². The van der Waals surface area contributed by atoms with Crippen LogP contribution in [0.5, 0.6) is 11.5 Å². The van der Waals surface area contributed by atoms with Crippen LogP contribution in [0.15, 0.2) is 23.2 Å². The van der Waals surface area contributed by atoms with Crippen LogP contribution in [0.2, 0.25) is 0 Å². The first-order valence-electron chi connectivity index (χ1n) is 9.23. The zero-order valence-corrected chi connectivity index (χ0v) is 15.1. The number of para-hydroxylation sites is 1. The molecule has 3 N–H and O–H groups in total. The van der Waals surface area contributed by atoms with Gasteiger partial charge in [-0.15, -0.1) is 0 Å². The van der Waals surface area contributed by atoms with Crippen LogP contribution in [0.4, 0.5) is 13.2 Å². The molecule has 5 nitrogen and oxygen atoms in total. The molecule has 1 aromatic carbocycles. The normalized spacial score (nSPS) is 24.5. The molecular weight excluding hydrogens is 361 g/mol. The molecule has 0 radical (unpaired) electrons. The summed E-state index contributed by atoms with van der Waals surface area (Å²) in [6, 6.07) is 3.34. The lowest BCUT2D eigenvalue weighted by Gasteiger charge is -2.37. The van der Waals surface area contributed by atoms with Gasteiger partial charge in [0.25, 0.3) is 0 Å². The summed E-state index contributed by atoms with van der Waals surface area (Å²) >= 11 is 0. The highest BCUT2D eigenvalue weighted by atomic mass is 19.4. The Hall–Kier alpha value is -1.96. The number of phenols is 1. The second kappa shape index (κ2) is 7.96. The van der Waals surface area contributed by atoms with E-state index in [0.29, 0.717) is 24.8 Å². The fourth-order valence-electron chi connectivity index (χ4n) is 3.96. The predicted molar refractivity (Wildman–Crippen MR) is 95.0 cm³/mol. The molecule has 1 unspecified atom stereocenters. The number of nitrogens with two attached hydrogens (primary N) is 1. The van der Waals surface area contributed by atoms with Gasteiger partial charge < -0.3 is 20.3 Å². The van der Waals surface area contributed by atoms with Crippen molar-refractivity contribution in [1.82, 2.24) is 0 Å². The Morgan fingerprint density at radius 2 is 2.00 bits per heavy atom. The van der Waals surface area contributed by atoms with Crippen molar-refractivity contribution in [2.75, 3.05) is 19.8 Å². The van der Waals surface area contributed by atoms with E-state index in [1.54, 1.807) is 0 Å². The van der Waals surface area contributed by atoms with Crippen LogP contribution in [0.25, 0.3) is 0 Å². The number of halogens is 3. The van der Waals surface area contributed by atoms with Crippen molar-refractivity contribution in [1.29, 1.82) is 0 Å². The molecule has 1 aromatic rings. The summed E-state index contributed by atoms with van der Waals surface area (Å²) in [5, 5.41) is 9.97. The molecule has 1 atom stereocenters. The fourth-order valence-corrected chi connectivity index (χ4v) is 3.96. The summed E-state index contributed by atoms with van der Waals surface area (Å²) in [6.07, 6.45) is 1.78. The lowest BCUT2D eigenvalue weighted by Crippen LogP contribution is -2.47. The smallest absolute Gasteiger partial charge is 0.420 e. The first-order chi connectivity index (χ1) is 12.8. The number of phenolic OH excluding ortho intramolecular Hbond substituents is 1.